The van der Waals surface area contributed by atoms with Crippen LogP contribution < -0.4 is 16.6 Å². The summed E-state index contributed by atoms with van der Waals surface area (Å²) < 4.78 is 0. The Hall–Kier alpha value is -0.720. The molecule has 0 aliphatic carbocycles. The number of hydrazine groups is 1. The van der Waals surface area contributed by atoms with Gasteiger partial charge in [0.2, 0.25) is 5.95 Å². The van der Waals surface area contributed by atoms with E-state index in [9.17, 15) is 0 Å². The molecule has 0 fully saturated rings. The molecule has 0 saturated heterocycles. The van der Waals surface area contributed by atoms with Crippen molar-refractivity contribution in [1.82, 2.24) is 9.97 Å². The highest BCUT2D eigenvalue weighted by Gasteiger charge is 2.03. The van der Waals surface area contributed by atoms with E-state index >= 15 is 0 Å². The van der Waals surface area contributed by atoms with Crippen molar-refractivity contribution in [2.24, 2.45) is 5.84 Å². The predicted molar refractivity (Wildman–Crippen MR) is 66.3 cm³/mol. The summed E-state index contributed by atoms with van der Waals surface area (Å²) in [6, 6.07) is 0. The van der Waals surface area contributed by atoms with Crippen LogP contribution in [0.5, 0.6) is 0 Å². The molecule has 0 aliphatic heterocycles. The maximum Gasteiger partial charge on any atom is 0.239 e. The van der Waals surface area contributed by atoms with Gasteiger partial charge in [-0.3, -0.25) is 5.43 Å². The average Bonchev–Trinajstić information content (AvgIpc) is 2.26. The number of nitrogens with one attached hydrogen (secondary N) is 2. The third-order valence-corrected chi connectivity index (χ3v) is 2.66. The standard InChI is InChI=1S/C8H14ClN5S/c1-15-4-2-3-11-7-6(9)5-12-8(13-7)14-10/h5H,2-4,10H2,1H3,(H2,11,12,13,14). The van der Waals surface area contributed by atoms with Crippen LogP contribution in [0.25, 0.3) is 0 Å². The predicted octanol–water partition coefficient (Wildman–Crippen LogP) is 1.58. The Balaban J connectivity index is 2.51. The lowest BCUT2D eigenvalue weighted by Crippen LogP contribution is -2.12. The quantitative estimate of drug-likeness (QED) is 0.403. The number of nitrogens with two attached hydrogens (primary N) is 1. The van der Waals surface area contributed by atoms with Gasteiger partial charge in [0, 0.05) is 6.54 Å². The molecular weight excluding hydrogens is 234 g/mol. The van der Waals surface area contributed by atoms with Gasteiger partial charge in [0.1, 0.15) is 5.02 Å². The van der Waals surface area contributed by atoms with Crippen molar-refractivity contribution in [3.63, 3.8) is 0 Å². The van der Waals surface area contributed by atoms with E-state index in [2.05, 4.69) is 27.0 Å². The molecule has 1 aromatic heterocycles. The van der Waals surface area contributed by atoms with Crippen molar-refractivity contribution >= 4 is 35.1 Å². The molecular formula is C8H14ClN5S. The zero-order chi connectivity index (χ0) is 11.1. The largest absolute Gasteiger partial charge is 0.369 e. The second-order valence-corrected chi connectivity index (χ2v) is 4.20. The second kappa shape index (κ2) is 6.71. The molecule has 7 heteroatoms. The number of rotatable bonds is 6. The van der Waals surface area contributed by atoms with Crippen molar-refractivity contribution in [3.05, 3.63) is 11.2 Å². The van der Waals surface area contributed by atoms with Crippen LogP contribution in [0.1, 0.15) is 6.42 Å². The number of nitrogen functional groups attached to an aromatic ring is 1. The van der Waals surface area contributed by atoms with Gasteiger partial charge in [-0.2, -0.15) is 16.7 Å². The van der Waals surface area contributed by atoms with Crippen molar-refractivity contribution < 1.29 is 0 Å². The Labute approximate surface area is 98.2 Å². The fraction of sp³-hybridized carbons (Fsp3) is 0.500. The highest BCUT2D eigenvalue weighted by atomic mass is 35.5. The number of nitrogens with zero attached hydrogens (tertiary/aromatic N) is 2. The maximum absolute atomic E-state index is 5.90. The van der Waals surface area contributed by atoms with Gasteiger partial charge >= 0.3 is 0 Å². The van der Waals surface area contributed by atoms with Crippen LogP contribution in [-0.4, -0.2) is 28.5 Å². The molecule has 1 heterocycles. The van der Waals surface area contributed by atoms with Crippen LogP contribution in [-0.2, 0) is 0 Å². The lowest BCUT2D eigenvalue weighted by Gasteiger charge is -2.07. The number of hydrogen-bond donors (Lipinski definition) is 3. The second-order valence-electron chi connectivity index (χ2n) is 2.81. The van der Waals surface area contributed by atoms with E-state index in [1.807, 2.05) is 11.8 Å². The molecule has 0 atom stereocenters. The van der Waals surface area contributed by atoms with Crippen LogP contribution >= 0.6 is 23.4 Å². The molecule has 0 amide bonds. The van der Waals surface area contributed by atoms with E-state index in [1.54, 1.807) is 0 Å². The maximum atomic E-state index is 5.90. The van der Waals surface area contributed by atoms with Gasteiger partial charge in [0.05, 0.1) is 6.20 Å². The number of thioether (sulfide) groups is 1. The summed E-state index contributed by atoms with van der Waals surface area (Å²) in [5.74, 6) is 7.27. The molecule has 5 nitrogen and oxygen atoms in total. The zero-order valence-corrected chi connectivity index (χ0v) is 10.0. The summed E-state index contributed by atoms with van der Waals surface area (Å²) >= 11 is 7.72. The van der Waals surface area contributed by atoms with Gasteiger partial charge in [-0.25, -0.2) is 10.8 Å². The van der Waals surface area contributed by atoms with E-state index in [0.717, 1.165) is 18.7 Å². The highest BCUT2D eigenvalue weighted by Crippen LogP contribution is 2.18. The van der Waals surface area contributed by atoms with Crippen molar-refractivity contribution in [1.29, 1.82) is 0 Å². The fourth-order valence-corrected chi connectivity index (χ4v) is 1.57. The normalized spacial score (nSPS) is 10.1. The molecule has 15 heavy (non-hydrogen) atoms. The smallest absolute Gasteiger partial charge is 0.239 e. The van der Waals surface area contributed by atoms with E-state index in [4.69, 9.17) is 17.4 Å². The molecule has 0 spiro atoms. The summed E-state index contributed by atoms with van der Waals surface area (Å²) in [7, 11) is 0. The number of halogens is 1. The fourth-order valence-electron chi connectivity index (χ4n) is 0.984. The SMILES string of the molecule is CSCCCNc1nc(NN)ncc1Cl. The van der Waals surface area contributed by atoms with Crippen LogP contribution in [0.15, 0.2) is 6.20 Å². The van der Waals surface area contributed by atoms with Crippen LogP contribution in [0.2, 0.25) is 5.02 Å². The van der Waals surface area contributed by atoms with Gasteiger partial charge in [0.15, 0.2) is 5.82 Å². The van der Waals surface area contributed by atoms with Gasteiger partial charge in [-0.05, 0) is 18.4 Å². The summed E-state index contributed by atoms with van der Waals surface area (Å²) in [6.07, 6.45) is 4.65. The summed E-state index contributed by atoms with van der Waals surface area (Å²) in [5, 5.41) is 3.63. The number of aromatic nitrogens is 2. The topological polar surface area (TPSA) is 75.9 Å². The van der Waals surface area contributed by atoms with Crippen LogP contribution in [0.3, 0.4) is 0 Å². The zero-order valence-electron chi connectivity index (χ0n) is 8.46. The molecule has 0 saturated carbocycles. The van der Waals surface area contributed by atoms with Gasteiger partial charge in [-0.15, -0.1) is 0 Å². The summed E-state index contributed by atoms with van der Waals surface area (Å²) in [5.41, 5.74) is 2.37. The molecule has 1 aromatic rings. The Morgan fingerprint density at radius 3 is 3.07 bits per heavy atom. The molecule has 0 aliphatic rings. The minimum atomic E-state index is 0.353. The average molecular weight is 248 g/mol. The lowest BCUT2D eigenvalue weighted by atomic mass is 10.4. The minimum absolute atomic E-state index is 0.353. The number of hydrogen-bond acceptors (Lipinski definition) is 6. The van der Waals surface area contributed by atoms with E-state index in [0.29, 0.717) is 16.8 Å². The van der Waals surface area contributed by atoms with E-state index in [1.165, 1.54) is 6.20 Å². The first kappa shape index (κ1) is 12.4. The molecule has 4 N–H and O–H groups in total. The molecule has 0 radical (unpaired) electrons. The molecule has 0 aromatic carbocycles. The highest BCUT2D eigenvalue weighted by molar-refractivity contribution is 7.98. The molecule has 0 bridgehead atoms. The Morgan fingerprint density at radius 1 is 1.60 bits per heavy atom. The van der Waals surface area contributed by atoms with E-state index in [-0.39, 0.29) is 0 Å². The third-order valence-electron chi connectivity index (χ3n) is 1.69. The van der Waals surface area contributed by atoms with Crippen molar-refractivity contribution in [2.75, 3.05) is 29.3 Å². The number of anilines is 2. The minimum Gasteiger partial charge on any atom is -0.369 e. The van der Waals surface area contributed by atoms with Gasteiger partial charge < -0.3 is 5.32 Å². The van der Waals surface area contributed by atoms with Crippen LogP contribution in [0, 0.1) is 0 Å². The molecule has 0 unspecified atom stereocenters. The van der Waals surface area contributed by atoms with Gasteiger partial charge in [-0.1, -0.05) is 11.6 Å². The first-order valence-corrected chi connectivity index (χ1v) is 6.27. The van der Waals surface area contributed by atoms with Gasteiger partial charge in [0.25, 0.3) is 0 Å². The monoisotopic (exact) mass is 247 g/mol. The molecule has 84 valence electrons. The lowest BCUT2D eigenvalue weighted by molar-refractivity contribution is 0.975. The van der Waals surface area contributed by atoms with Crippen molar-refractivity contribution in [2.45, 2.75) is 6.42 Å². The third kappa shape index (κ3) is 4.11. The van der Waals surface area contributed by atoms with Crippen LogP contribution in [0.4, 0.5) is 11.8 Å². The first-order valence-electron chi connectivity index (χ1n) is 4.50. The Kier molecular flexibility index (Phi) is 5.52. The Morgan fingerprint density at radius 2 is 2.40 bits per heavy atom. The Bertz CT molecular complexity index is 309. The van der Waals surface area contributed by atoms with Crippen molar-refractivity contribution in [3.8, 4) is 0 Å². The summed E-state index contributed by atoms with van der Waals surface area (Å²) in [4.78, 5) is 7.97. The first-order chi connectivity index (χ1) is 7.27. The molecule has 1 rings (SSSR count). The van der Waals surface area contributed by atoms with E-state index < -0.39 is 0 Å². The summed E-state index contributed by atoms with van der Waals surface area (Å²) in [6.45, 7) is 0.835.